The van der Waals surface area contributed by atoms with Crippen LogP contribution in [0.3, 0.4) is 0 Å². The van der Waals surface area contributed by atoms with Crippen molar-refractivity contribution < 1.29 is 0 Å². The molecule has 0 fully saturated rings. The quantitative estimate of drug-likeness (QED) is 0.458. The van der Waals surface area contributed by atoms with Gasteiger partial charge in [-0.2, -0.15) is 0 Å². The van der Waals surface area contributed by atoms with E-state index in [2.05, 4.69) is 34.1 Å². The van der Waals surface area contributed by atoms with Gasteiger partial charge in [-0.15, -0.1) is 0 Å². The molecule has 0 aliphatic carbocycles. The molecule has 0 rings (SSSR count). The molecule has 0 N–H and O–H groups in total. The fourth-order valence-corrected chi connectivity index (χ4v) is 1.64. The fourth-order valence-electron chi connectivity index (χ4n) is 1.64. The highest BCUT2D eigenvalue weighted by atomic mass is 14.1. The number of hydrogen-bond donors (Lipinski definition) is 0. The van der Waals surface area contributed by atoms with Crippen LogP contribution in [0.1, 0.15) is 79.1 Å². The van der Waals surface area contributed by atoms with Gasteiger partial charge in [-0.25, -0.2) is 0 Å². The van der Waals surface area contributed by atoms with Crippen LogP contribution in [0.15, 0.2) is 0 Å². The van der Waals surface area contributed by atoms with E-state index in [1.54, 1.807) is 0 Å². The van der Waals surface area contributed by atoms with Gasteiger partial charge in [0, 0.05) is 0 Å². The summed E-state index contributed by atoms with van der Waals surface area (Å²) in [6, 6.07) is 0. The molecule has 0 aromatic carbocycles. The minimum atomic E-state index is 0.419. The highest BCUT2D eigenvalue weighted by molar-refractivity contribution is 4.79. The minimum Gasteiger partial charge on any atom is -0.0654 e. The second-order valence-electron chi connectivity index (χ2n) is 5.48. The first kappa shape index (κ1) is 14.0. The summed E-state index contributed by atoms with van der Waals surface area (Å²) in [7, 11) is 0. The molecule has 0 saturated heterocycles. The highest BCUT2D eigenvalue weighted by Gasteiger charge is 2.08. The summed E-state index contributed by atoms with van der Waals surface area (Å²) in [6.07, 6.45) is 13.7. The Labute approximate surface area is 91.5 Å². The Balaban J connectivity index is 2.99. The van der Waals surface area contributed by atoms with Gasteiger partial charge in [0.15, 0.2) is 0 Å². The van der Waals surface area contributed by atoms with Crippen LogP contribution in [0.25, 0.3) is 0 Å². The zero-order chi connectivity index (χ0) is 10.9. The first-order valence-electron chi connectivity index (χ1n) is 6.40. The summed E-state index contributed by atoms with van der Waals surface area (Å²) in [5, 5.41) is 0. The molecule has 0 atom stereocenters. The average molecular weight is 197 g/mol. The largest absolute Gasteiger partial charge is 0.0654 e. The summed E-state index contributed by atoms with van der Waals surface area (Å²) in [6.45, 7) is 9.13. The van der Waals surface area contributed by atoms with Crippen molar-refractivity contribution in [3.8, 4) is 0 Å². The molecule has 0 heteroatoms. The molecule has 0 bridgehead atoms. The molecular formula is C14H29. The van der Waals surface area contributed by atoms with Crippen molar-refractivity contribution in [1.29, 1.82) is 0 Å². The van der Waals surface area contributed by atoms with Crippen LogP contribution in [-0.2, 0) is 0 Å². The van der Waals surface area contributed by atoms with Crippen molar-refractivity contribution in [2.75, 3.05) is 0 Å². The van der Waals surface area contributed by atoms with E-state index >= 15 is 0 Å². The van der Waals surface area contributed by atoms with Gasteiger partial charge in [-0.3, -0.25) is 0 Å². The summed E-state index contributed by atoms with van der Waals surface area (Å²) < 4.78 is 0. The average Bonchev–Trinajstić information content (AvgIpc) is 2.08. The van der Waals surface area contributed by atoms with Crippen molar-refractivity contribution in [3.05, 3.63) is 6.42 Å². The summed E-state index contributed by atoms with van der Waals surface area (Å²) in [5.74, 6) is 0. The number of rotatable bonds is 8. The maximum atomic E-state index is 2.46. The van der Waals surface area contributed by atoms with Crippen LogP contribution in [0, 0.1) is 11.8 Å². The molecule has 85 valence electrons. The maximum absolute atomic E-state index is 2.46. The van der Waals surface area contributed by atoms with Crippen LogP contribution in [0.4, 0.5) is 0 Å². The topological polar surface area (TPSA) is 0 Å². The third kappa shape index (κ3) is 12.0. The normalized spacial score (nSPS) is 12.0. The van der Waals surface area contributed by atoms with E-state index in [-0.39, 0.29) is 0 Å². The van der Waals surface area contributed by atoms with E-state index in [1.807, 2.05) is 0 Å². The Bertz CT molecular complexity index is 108. The maximum Gasteiger partial charge on any atom is -0.0332 e. The standard InChI is InChI=1S/C14H29/c1-5-6-7-8-9-10-11-12-13-14(2,3)4/h13H,5-12H2,1-4H3. The third-order valence-electron chi connectivity index (χ3n) is 2.56. The molecule has 0 aliphatic heterocycles. The Kier molecular flexibility index (Phi) is 8.32. The van der Waals surface area contributed by atoms with E-state index in [0.29, 0.717) is 5.41 Å². The van der Waals surface area contributed by atoms with E-state index in [4.69, 9.17) is 0 Å². The Hall–Kier alpha value is 0. The lowest BCUT2D eigenvalue weighted by Crippen LogP contribution is -2.04. The molecule has 0 spiro atoms. The number of unbranched alkanes of at least 4 members (excludes halogenated alkanes) is 7. The van der Waals surface area contributed by atoms with Crippen LogP contribution < -0.4 is 0 Å². The van der Waals surface area contributed by atoms with E-state index in [1.165, 1.54) is 51.4 Å². The van der Waals surface area contributed by atoms with Crippen LogP contribution in [-0.4, -0.2) is 0 Å². The van der Waals surface area contributed by atoms with Crippen molar-refractivity contribution >= 4 is 0 Å². The van der Waals surface area contributed by atoms with Gasteiger partial charge in [-0.05, 0) is 18.3 Å². The molecule has 0 aliphatic rings. The van der Waals surface area contributed by atoms with E-state index in [0.717, 1.165) is 0 Å². The monoisotopic (exact) mass is 197 g/mol. The van der Waals surface area contributed by atoms with Gasteiger partial charge in [0.25, 0.3) is 0 Å². The van der Waals surface area contributed by atoms with Crippen molar-refractivity contribution in [2.45, 2.75) is 79.1 Å². The lowest BCUT2D eigenvalue weighted by Gasteiger charge is -2.16. The molecule has 0 aromatic heterocycles. The fraction of sp³-hybridized carbons (Fsp3) is 0.929. The van der Waals surface area contributed by atoms with Crippen LogP contribution in [0.2, 0.25) is 0 Å². The van der Waals surface area contributed by atoms with Crippen molar-refractivity contribution in [1.82, 2.24) is 0 Å². The lowest BCUT2D eigenvalue weighted by molar-refractivity contribution is 0.461. The van der Waals surface area contributed by atoms with Gasteiger partial charge in [-0.1, -0.05) is 72.6 Å². The number of hydrogen-bond acceptors (Lipinski definition) is 0. The molecule has 14 heavy (non-hydrogen) atoms. The summed E-state index contributed by atoms with van der Waals surface area (Å²) >= 11 is 0. The Morgan fingerprint density at radius 1 is 0.786 bits per heavy atom. The third-order valence-corrected chi connectivity index (χ3v) is 2.56. The van der Waals surface area contributed by atoms with Crippen molar-refractivity contribution in [3.63, 3.8) is 0 Å². The van der Waals surface area contributed by atoms with Gasteiger partial charge in [0.1, 0.15) is 0 Å². The minimum absolute atomic E-state index is 0.419. The molecule has 0 aromatic rings. The summed E-state index contributed by atoms with van der Waals surface area (Å²) in [5.41, 5.74) is 0.419. The molecule has 0 unspecified atom stereocenters. The smallest absolute Gasteiger partial charge is 0.0332 e. The van der Waals surface area contributed by atoms with E-state index < -0.39 is 0 Å². The van der Waals surface area contributed by atoms with Crippen molar-refractivity contribution in [2.24, 2.45) is 5.41 Å². The van der Waals surface area contributed by atoms with Crippen LogP contribution in [0.5, 0.6) is 0 Å². The first-order valence-corrected chi connectivity index (χ1v) is 6.40. The molecule has 0 saturated carbocycles. The van der Waals surface area contributed by atoms with E-state index in [9.17, 15) is 0 Å². The van der Waals surface area contributed by atoms with Gasteiger partial charge in [0.2, 0.25) is 0 Å². The van der Waals surface area contributed by atoms with Gasteiger partial charge in [0.05, 0.1) is 0 Å². The molecule has 0 heterocycles. The molecule has 0 amide bonds. The Morgan fingerprint density at radius 3 is 1.79 bits per heavy atom. The van der Waals surface area contributed by atoms with Gasteiger partial charge >= 0.3 is 0 Å². The molecular weight excluding hydrogens is 168 g/mol. The second-order valence-corrected chi connectivity index (χ2v) is 5.48. The SMILES string of the molecule is CCCCCCCCC[CH]C(C)(C)C. The zero-order valence-electron chi connectivity index (χ0n) is 10.7. The molecule has 0 nitrogen and oxygen atoms in total. The van der Waals surface area contributed by atoms with Gasteiger partial charge < -0.3 is 0 Å². The second kappa shape index (κ2) is 8.32. The lowest BCUT2D eigenvalue weighted by atomic mass is 9.89. The summed E-state index contributed by atoms with van der Waals surface area (Å²) in [4.78, 5) is 0. The van der Waals surface area contributed by atoms with Crippen LogP contribution >= 0.6 is 0 Å². The zero-order valence-corrected chi connectivity index (χ0v) is 10.7. The molecule has 1 radical (unpaired) electrons. The predicted molar refractivity (Wildman–Crippen MR) is 66.4 cm³/mol. The Morgan fingerprint density at radius 2 is 1.29 bits per heavy atom. The predicted octanol–water partition coefficient (Wildman–Crippen LogP) is 5.38. The highest BCUT2D eigenvalue weighted by Crippen LogP contribution is 2.21. The first-order chi connectivity index (χ1) is 6.56.